The maximum Gasteiger partial charge on any atom is 0.231 e. The van der Waals surface area contributed by atoms with Gasteiger partial charge in [-0.3, -0.25) is 0 Å². The molecule has 1 fully saturated rings. The molecular weight excluding hydrogens is 216 g/mol. The highest BCUT2D eigenvalue weighted by Gasteiger charge is 2.24. The van der Waals surface area contributed by atoms with Crippen LogP contribution in [0.4, 0.5) is 0 Å². The molecule has 88 valence electrons. The van der Waals surface area contributed by atoms with Crippen LogP contribution < -0.4 is 0 Å². The number of nitrogens with zero attached hydrogens (tertiary/aromatic N) is 2. The van der Waals surface area contributed by atoms with Crippen molar-refractivity contribution in [1.29, 1.82) is 0 Å². The normalized spacial score (nSPS) is 15.8. The molecule has 1 saturated carbocycles. The fraction of sp³-hybridized carbons (Fsp3) is 0.385. The van der Waals surface area contributed by atoms with Crippen LogP contribution >= 0.6 is 0 Å². The molecule has 0 radical (unpaired) electrons. The second-order valence-corrected chi connectivity index (χ2v) is 4.52. The zero-order valence-corrected chi connectivity index (χ0v) is 9.47. The van der Waals surface area contributed by atoms with Crippen molar-refractivity contribution in [2.24, 2.45) is 0 Å². The minimum absolute atomic E-state index is 0.273. The minimum Gasteiger partial charge on any atom is -0.508 e. The van der Waals surface area contributed by atoms with E-state index in [1.54, 1.807) is 12.1 Å². The molecule has 0 unspecified atom stereocenters. The maximum absolute atomic E-state index is 9.19. The highest BCUT2D eigenvalue weighted by Crippen LogP contribution is 2.34. The highest BCUT2D eigenvalue weighted by atomic mass is 16.5. The van der Waals surface area contributed by atoms with E-state index in [4.69, 9.17) is 4.52 Å². The van der Waals surface area contributed by atoms with E-state index >= 15 is 0 Å². The van der Waals surface area contributed by atoms with Crippen LogP contribution in [0, 0.1) is 0 Å². The summed E-state index contributed by atoms with van der Waals surface area (Å²) in [6, 6.07) is 7.06. The molecule has 1 aromatic carbocycles. The third-order valence-corrected chi connectivity index (χ3v) is 3.25. The van der Waals surface area contributed by atoms with E-state index in [1.165, 1.54) is 19.3 Å². The monoisotopic (exact) mass is 230 g/mol. The van der Waals surface area contributed by atoms with Gasteiger partial charge >= 0.3 is 0 Å². The summed E-state index contributed by atoms with van der Waals surface area (Å²) >= 11 is 0. The third-order valence-electron chi connectivity index (χ3n) is 3.25. The van der Waals surface area contributed by atoms with Gasteiger partial charge in [0.1, 0.15) is 5.75 Å². The van der Waals surface area contributed by atoms with E-state index in [9.17, 15) is 5.11 Å². The van der Waals surface area contributed by atoms with Gasteiger partial charge in [-0.05, 0) is 30.5 Å². The number of phenols is 1. The maximum atomic E-state index is 9.19. The summed E-state index contributed by atoms with van der Waals surface area (Å²) in [6.45, 7) is 0. The van der Waals surface area contributed by atoms with Gasteiger partial charge in [0.2, 0.25) is 5.89 Å². The van der Waals surface area contributed by atoms with E-state index in [1.807, 2.05) is 12.1 Å². The van der Waals surface area contributed by atoms with Crippen LogP contribution in [0.25, 0.3) is 0 Å². The van der Waals surface area contributed by atoms with Crippen molar-refractivity contribution in [2.45, 2.75) is 31.6 Å². The summed E-state index contributed by atoms with van der Waals surface area (Å²) in [5.41, 5.74) is 1.06. The second kappa shape index (κ2) is 4.20. The Kier molecular flexibility index (Phi) is 2.55. The van der Waals surface area contributed by atoms with Gasteiger partial charge in [0.15, 0.2) is 5.82 Å². The Bertz CT molecular complexity index is 500. The molecule has 1 N–H and O–H groups in total. The van der Waals surface area contributed by atoms with Crippen LogP contribution in [0.2, 0.25) is 0 Å². The topological polar surface area (TPSA) is 59.2 Å². The van der Waals surface area contributed by atoms with Crippen LogP contribution in [0.15, 0.2) is 28.8 Å². The largest absolute Gasteiger partial charge is 0.508 e. The SMILES string of the molecule is Oc1ccc(Cc2nc(C3CCC3)no2)cc1. The van der Waals surface area contributed by atoms with Gasteiger partial charge in [-0.2, -0.15) is 4.98 Å². The molecule has 1 heterocycles. The van der Waals surface area contributed by atoms with Gasteiger partial charge in [-0.1, -0.05) is 23.7 Å². The van der Waals surface area contributed by atoms with Crippen LogP contribution in [0.3, 0.4) is 0 Å². The van der Waals surface area contributed by atoms with E-state index in [2.05, 4.69) is 10.1 Å². The summed E-state index contributed by atoms with van der Waals surface area (Å²) in [6.07, 6.45) is 4.25. The zero-order chi connectivity index (χ0) is 11.7. The van der Waals surface area contributed by atoms with Crippen molar-refractivity contribution in [1.82, 2.24) is 10.1 Å². The zero-order valence-electron chi connectivity index (χ0n) is 9.47. The predicted molar refractivity (Wildman–Crippen MR) is 61.8 cm³/mol. The Hall–Kier alpha value is -1.84. The van der Waals surface area contributed by atoms with E-state index < -0.39 is 0 Å². The highest BCUT2D eigenvalue weighted by molar-refractivity contribution is 5.27. The molecule has 1 aliphatic rings. The van der Waals surface area contributed by atoms with Crippen molar-refractivity contribution in [3.8, 4) is 5.75 Å². The Labute approximate surface area is 99.3 Å². The van der Waals surface area contributed by atoms with E-state index in [-0.39, 0.29) is 5.75 Å². The fourth-order valence-corrected chi connectivity index (χ4v) is 1.96. The van der Waals surface area contributed by atoms with Crippen molar-refractivity contribution in [3.05, 3.63) is 41.5 Å². The molecule has 0 amide bonds. The predicted octanol–water partition coefficient (Wildman–Crippen LogP) is 2.63. The molecule has 3 rings (SSSR count). The lowest BCUT2D eigenvalue weighted by atomic mass is 9.85. The molecule has 0 saturated heterocycles. The van der Waals surface area contributed by atoms with Gasteiger partial charge in [-0.25, -0.2) is 0 Å². The molecule has 4 heteroatoms. The summed E-state index contributed by atoms with van der Waals surface area (Å²) in [7, 11) is 0. The van der Waals surface area contributed by atoms with E-state index in [0.29, 0.717) is 18.2 Å². The minimum atomic E-state index is 0.273. The molecule has 0 spiro atoms. The average molecular weight is 230 g/mol. The van der Waals surface area contributed by atoms with Gasteiger partial charge in [-0.15, -0.1) is 0 Å². The number of benzene rings is 1. The van der Waals surface area contributed by atoms with Gasteiger partial charge in [0, 0.05) is 5.92 Å². The van der Waals surface area contributed by atoms with E-state index in [0.717, 1.165) is 11.4 Å². The Morgan fingerprint density at radius 3 is 2.65 bits per heavy atom. The summed E-state index contributed by atoms with van der Waals surface area (Å²) in [5, 5.41) is 13.2. The van der Waals surface area contributed by atoms with Crippen molar-refractivity contribution in [3.63, 3.8) is 0 Å². The molecular formula is C13H14N2O2. The van der Waals surface area contributed by atoms with Crippen LogP contribution in [-0.2, 0) is 6.42 Å². The average Bonchev–Trinajstić information content (AvgIpc) is 2.67. The molecule has 2 aromatic rings. The molecule has 0 atom stereocenters. The molecule has 17 heavy (non-hydrogen) atoms. The second-order valence-electron chi connectivity index (χ2n) is 4.52. The number of aromatic nitrogens is 2. The summed E-state index contributed by atoms with van der Waals surface area (Å²) in [4.78, 5) is 4.41. The number of rotatable bonds is 3. The lowest BCUT2D eigenvalue weighted by molar-refractivity contribution is 0.350. The van der Waals surface area contributed by atoms with Crippen LogP contribution in [0.5, 0.6) is 5.75 Å². The standard InChI is InChI=1S/C13H14N2O2/c16-11-6-4-9(5-7-11)8-12-14-13(15-17-12)10-2-1-3-10/h4-7,10,16H,1-3,8H2. The quantitative estimate of drug-likeness (QED) is 0.880. The summed E-state index contributed by atoms with van der Waals surface area (Å²) in [5.74, 6) is 2.28. The van der Waals surface area contributed by atoms with Crippen LogP contribution in [0.1, 0.15) is 42.5 Å². The fourth-order valence-electron chi connectivity index (χ4n) is 1.96. The molecule has 0 bridgehead atoms. The lowest BCUT2D eigenvalue weighted by Crippen LogP contribution is -2.10. The van der Waals surface area contributed by atoms with Crippen molar-refractivity contribution < 1.29 is 9.63 Å². The first-order valence-corrected chi connectivity index (χ1v) is 5.91. The number of hydrogen-bond acceptors (Lipinski definition) is 4. The lowest BCUT2D eigenvalue weighted by Gasteiger charge is -2.20. The first-order chi connectivity index (χ1) is 8.31. The van der Waals surface area contributed by atoms with Gasteiger partial charge in [0.05, 0.1) is 6.42 Å². The molecule has 1 aliphatic carbocycles. The van der Waals surface area contributed by atoms with Crippen molar-refractivity contribution >= 4 is 0 Å². The first-order valence-electron chi connectivity index (χ1n) is 5.91. The Morgan fingerprint density at radius 2 is 2.00 bits per heavy atom. The van der Waals surface area contributed by atoms with Crippen molar-refractivity contribution in [2.75, 3.05) is 0 Å². The smallest absolute Gasteiger partial charge is 0.231 e. The number of phenolic OH excluding ortho intramolecular Hbond substituents is 1. The summed E-state index contributed by atoms with van der Waals surface area (Å²) < 4.78 is 5.23. The first kappa shape index (κ1) is 10.3. The number of aromatic hydroxyl groups is 1. The molecule has 0 aliphatic heterocycles. The van der Waals surface area contributed by atoms with Gasteiger partial charge in [0.25, 0.3) is 0 Å². The third kappa shape index (κ3) is 2.16. The Balaban J connectivity index is 1.72. The number of hydrogen-bond donors (Lipinski definition) is 1. The van der Waals surface area contributed by atoms with Gasteiger partial charge < -0.3 is 9.63 Å². The molecule has 4 nitrogen and oxygen atoms in total. The van der Waals surface area contributed by atoms with Crippen LogP contribution in [-0.4, -0.2) is 15.2 Å². The Morgan fingerprint density at radius 1 is 1.24 bits per heavy atom. The molecule has 1 aromatic heterocycles.